The van der Waals surface area contributed by atoms with Crippen LogP contribution in [0.1, 0.15) is 84.0 Å². The lowest BCUT2D eigenvalue weighted by Crippen LogP contribution is -2.09. The summed E-state index contributed by atoms with van der Waals surface area (Å²) in [6, 6.07) is 0. The average molecular weight is 297 g/mol. The van der Waals surface area contributed by atoms with Crippen molar-refractivity contribution < 1.29 is 9.90 Å². The van der Waals surface area contributed by atoms with Crippen LogP contribution in [-0.2, 0) is 4.79 Å². The van der Waals surface area contributed by atoms with E-state index in [0.717, 1.165) is 25.7 Å². The molecule has 0 aromatic heterocycles. The number of carbonyl (C=O) groups is 1. The van der Waals surface area contributed by atoms with E-state index in [9.17, 15) is 4.79 Å². The first-order valence-electron chi connectivity index (χ1n) is 8.74. The van der Waals surface area contributed by atoms with Crippen molar-refractivity contribution in [1.82, 2.24) is 0 Å². The Kier molecular flexibility index (Phi) is 14.9. The van der Waals surface area contributed by atoms with Crippen LogP contribution in [0, 0.1) is 5.92 Å². The van der Waals surface area contributed by atoms with Crippen molar-refractivity contribution in [3.8, 4) is 0 Å². The molecule has 0 aromatic rings. The molecule has 3 nitrogen and oxygen atoms in total. The van der Waals surface area contributed by atoms with Crippen molar-refractivity contribution in [3.05, 3.63) is 12.2 Å². The zero-order valence-electron chi connectivity index (χ0n) is 13.9. The van der Waals surface area contributed by atoms with Gasteiger partial charge in [-0.15, -0.1) is 0 Å². The molecule has 1 unspecified atom stereocenters. The lowest BCUT2D eigenvalue weighted by Gasteiger charge is -2.09. The maximum Gasteiger partial charge on any atom is 0.217 e. The van der Waals surface area contributed by atoms with Gasteiger partial charge in [-0.25, -0.2) is 0 Å². The predicted octanol–water partition coefficient (Wildman–Crippen LogP) is 4.34. The van der Waals surface area contributed by atoms with Crippen LogP contribution >= 0.6 is 0 Å². The van der Waals surface area contributed by atoms with Crippen LogP contribution in [0.4, 0.5) is 0 Å². The molecular weight excluding hydrogens is 262 g/mol. The number of aliphatic hydroxyl groups excluding tert-OH is 1. The first-order chi connectivity index (χ1) is 10.2. The highest BCUT2D eigenvalue weighted by atomic mass is 16.3. The third kappa shape index (κ3) is 15.4. The van der Waals surface area contributed by atoms with Crippen molar-refractivity contribution in [2.24, 2.45) is 11.7 Å². The van der Waals surface area contributed by atoms with Gasteiger partial charge in [0.05, 0.1) is 0 Å². The number of allylic oxidation sites excluding steroid dienone is 2. The van der Waals surface area contributed by atoms with E-state index in [2.05, 4.69) is 19.1 Å². The summed E-state index contributed by atoms with van der Waals surface area (Å²) >= 11 is 0. The number of primary amides is 1. The molecule has 0 heterocycles. The highest BCUT2D eigenvalue weighted by Gasteiger charge is 2.02. The Morgan fingerprint density at radius 2 is 1.57 bits per heavy atom. The highest BCUT2D eigenvalue weighted by molar-refractivity contribution is 5.73. The van der Waals surface area contributed by atoms with Crippen LogP contribution in [0.25, 0.3) is 0 Å². The van der Waals surface area contributed by atoms with Crippen molar-refractivity contribution in [2.75, 3.05) is 6.61 Å². The van der Waals surface area contributed by atoms with Crippen molar-refractivity contribution in [1.29, 1.82) is 0 Å². The molecule has 0 aliphatic rings. The number of rotatable bonds is 15. The highest BCUT2D eigenvalue weighted by Crippen LogP contribution is 2.13. The van der Waals surface area contributed by atoms with Crippen LogP contribution in [0.5, 0.6) is 0 Å². The lowest BCUT2D eigenvalue weighted by molar-refractivity contribution is -0.118. The summed E-state index contributed by atoms with van der Waals surface area (Å²) in [4.78, 5) is 10.6. The van der Waals surface area contributed by atoms with Crippen LogP contribution < -0.4 is 5.73 Å². The number of amides is 1. The molecule has 1 amide bonds. The van der Waals surface area contributed by atoms with Gasteiger partial charge in [0, 0.05) is 13.0 Å². The Labute approximate surface area is 131 Å². The summed E-state index contributed by atoms with van der Waals surface area (Å²) in [5.41, 5.74) is 5.09. The number of aliphatic hydroxyl groups is 1. The van der Waals surface area contributed by atoms with Crippen molar-refractivity contribution in [3.63, 3.8) is 0 Å². The van der Waals surface area contributed by atoms with Crippen LogP contribution in [0.2, 0.25) is 0 Å². The Hall–Kier alpha value is -0.830. The molecule has 21 heavy (non-hydrogen) atoms. The van der Waals surface area contributed by atoms with Gasteiger partial charge < -0.3 is 10.8 Å². The monoisotopic (exact) mass is 297 g/mol. The Balaban J connectivity index is 3.20. The summed E-state index contributed by atoms with van der Waals surface area (Å²) in [6.45, 7) is 2.49. The van der Waals surface area contributed by atoms with Gasteiger partial charge in [0.25, 0.3) is 0 Å². The summed E-state index contributed by atoms with van der Waals surface area (Å²) < 4.78 is 0. The number of carbonyl (C=O) groups excluding carboxylic acids is 1. The average Bonchev–Trinajstić information content (AvgIpc) is 2.47. The second-order valence-electron chi connectivity index (χ2n) is 5.99. The number of unbranched alkanes of at least 4 members (excludes halogenated alkanes) is 7. The van der Waals surface area contributed by atoms with E-state index >= 15 is 0 Å². The Morgan fingerprint density at radius 1 is 1.00 bits per heavy atom. The van der Waals surface area contributed by atoms with Gasteiger partial charge in [0.1, 0.15) is 0 Å². The molecular formula is C18H35NO2. The quantitative estimate of drug-likeness (QED) is 0.349. The zero-order valence-corrected chi connectivity index (χ0v) is 13.9. The van der Waals surface area contributed by atoms with Crippen LogP contribution in [-0.4, -0.2) is 17.6 Å². The molecule has 3 N–H and O–H groups in total. The van der Waals surface area contributed by atoms with Crippen molar-refractivity contribution >= 4 is 5.91 Å². The molecule has 0 saturated heterocycles. The van der Waals surface area contributed by atoms with E-state index in [1.807, 2.05) is 0 Å². The minimum absolute atomic E-state index is 0.179. The van der Waals surface area contributed by atoms with E-state index in [0.29, 0.717) is 18.9 Å². The Bertz CT molecular complexity index is 260. The fraction of sp³-hybridized carbons (Fsp3) is 0.833. The van der Waals surface area contributed by atoms with E-state index in [4.69, 9.17) is 10.8 Å². The Morgan fingerprint density at radius 3 is 2.14 bits per heavy atom. The normalized spacial score (nSPS) is 12.9. The SMILES string of the molecule is CCC(CO)CCCC/C=C\CCCCCCCC(N)=O. The maximum absolute atomic E-state index is 10.6. The smallest absolute Gasteiger partial charge is 0.217 e. The van der Waals surface area contributed by atoms with Crippen molar-refractivity contribution in [2.45, 2.75) is 84.0 Å². The minimum Gasteiger partial charge on any atom is -0.396 e. The van der Waals surface area contributed by atoms with Gasteiger partial charge in [0.15, 0.2) is 0 Å². The standard InChI is InChI=1S/C18H35NO2/c1-2-17(16-20)14-12-10-8-6-4-3-5-7-9-11-13-15-18(19)21/h4,6,17,20H,2-3,5,7-16H2,1H3,(H2,19,21)/b6-4-. The van der Waals surface area contributed by atoms with Gasteiger partial charge >= 0.3 is 0 Å². The first kappa shape index (κ1) is 20.2. The second-order valence-corrected chi connectivity index (χ2v) is 5.99. The molecule has 0 aliphatic heterocycles. The molecule has 1 atom stereocenters. The largest absolute Gasteiger partial charge is 0.396 e. The summed E-state index contributed by atoms with van der Waals surface area (Å²) in [5, 5.41) is 9.09. The molecule has 0 fully saturated rings. The molecule has 0 spiro atoms. The molecule has 0 saturated carbocycles. The molecule has 0 aromatic carbocycles. The van der Waals surface area contributed by atoms with E-state index in [-0.39, 0.29) is 5.91 Å². The predicted molar refractivity (Wildman–Crippen MR) is 90.0 cm³/mol. The third-order valence-corrected chi connectivity index (χ3v) is 4.03. The number of hydrogen-bond acceptors (Lipinski definition) is 2. The van der Waals surface area contributed by atoms with Crippen LogP contribution in [0.3, 0.4) is 0 Å². The lowest BCUT2D eigenvalue weighted by atomic mass is 9.99. The maximum atomic E-state index is 10.6. The van der Waals surface area contributed by atoms with Crippen LogP contribution in [0.15, 0.2) is 12.2 Å². The van der Waals surface area contributed by atoms with Gasteiger partial charge in [-0.3, -0.25) is 4.79 Å². The van der Waals surface area contributed by atoms with Gasteiger partial charge in [-0.1, -0.05) is 51.2 Å². The topological polar surface area (TPSA) is 63.3 Å². The molecule has 3 heteroatoms. The molecule has 0 aliphatic carbocycles. The fourth-order valence-corrected chi connectivity index (χ4v) is 2.45. The second kappa shape index (κ2) is 15.6. The summed E-state index contributed by atoms with van der Waals surface area (Å²) in [7, 11) is 0. The molecule has 0 rings (SSSR count). The number of hydrogen-bond donors (Lipinski definition) is 2. The van der Waals surface area contributed by atoms with Gasteiger partial charge in [-0.2, -0.15) is 0 Å². The molecule has 124 valence electrons. The molecule has 0 radical (unpaired) electrons. The van der Waals surface area contributed by atoms with E-state index < -0.39 is 0 Å². The summed E-state index contributed by atoms with van der Waals surface area (Å²) in [5.74, 6) is 0.325. The van der Waals surface area contributed by atoms with Gasteiger partial charge in [0.2, 0.25) is 5.91 Å². The minimum atomic E-state index is -0.179. The van der Waals surface area contributed by atoms with Gasteiger partial charge in [-0.05, 0) is 44.4 Å². The zero-order chi connectivity index (χ0) is 15.8. The first-order valence-corrected chi connectivity index (χ1v) is 8.74. The fourth-order valence-electron chi connectivity index (χ4n) is 2.45. The summed E-state index contributed by atoms with van der Waals surface area (Å²) in [6.07, 6.45) is 17.9. The molecule has 0 bridgehead atoms. The van der Waals surface area contributed by atoms with E-state index in [1.54, 1.807) is 0 Å². The van der Waals surface area contributed by atoms with E-state index in [1.165, 1.54) is 44.9 Å². The third-order valence-electron chi connectivity index (χ3n) is 4.03. The number of nitrogens with two attached hydrogens (primary N) is 1.